The van der Waals surface area contributed by atoms with Gasteiger partial charge in [-0.25, -0.2) is 0 Å². The van der Waals surface area contributed by atoms with Crippen LogP contribution < -0.4 is 0 Å². The van der Waals surface area contributed by atoms with Crippen molar-refractivity contribution in [2.24, 2.45) is 0 Å². The first kappa shape index (κ1) is 12.1. The molecule has 1 aliphatic carbocycles. The van der Waals surface area contributed by atoms with Gasteiger partial charge in [0.05, 0.1) is 6.61 Å². The summed E-state index contributed by atoms with van der Waals surface area (Å²) in [4.78, 5) is 0. The molecule has 2 heteroatoms. The summed E-state index contributed by atoms with van der Waals surface area (Å²) in [5.74, 6) is 0. The van der Waals surface area contributed by atoms with Crippen molar-refractivity contribution in [3.05, 3.63) is 34.3 Å². The minimum absolute atomic E-state index is 0.260. The molecule has 1 nitrogen and oxygen atoms in total. The molecule has 1 aromatic carbocycles. The van der Waals surface area contributed by atoms with Crippen LogP contribution in [0.3, 0.4) is 0 Å². The van der Waals surface area contributed by atoms with Gasteiger partial charge in [-0.1, -0.05) is 47.0 Å². The molecule has 1 aliphatic rings. The molecule has 0 N–H and O–H groups in total. The molecular weight excluding hydrogens is 264 g/mol. The van der Waals surface area contributed by atoms with E-state index in [0.717, 1.165) is 13.2 Å². The lowest BCUT2D eigenvalue weighted by molar-refractivity contribution is 0.0932. The van der Waals surface area contributed by atoms with Gasteiger partial charge in [-0.15, -0.1) is 0 Å². The quantitative estimate of drug-likeness (QED) is 0.800. The Morgan fingerprint density at radius 3 is 2.56 bits per heavy atom. The topological polar surface area (TPSA) is 9.23 Å². The highest BCUT2D eigenvalue weighted by atomic mass is 79.9. The van der Waals surface area contributed by atoms with Crippen molar-refractivity contribution in [1.82, 2.24) is 0 Å². The predicted molar refractivity (Wildman–Crippen MR) is 70.8 cm³/mol. The molecule has 0 aromatic heterocycles. The molecule has 1 aromatic rings. The van der Waals surface area contributed by atoms with E-state index in [1.54, 1.807) is 0 Å². The lowest BCUT2D eigenvalue weighted by Gasteiger charge is -2.30. The second-order valence-electron chi connectivity index (χ2n) is 4.60. The van der Waals surface area contributed by atoms with Crippen LogP contribution in [0.4, 0.5) is 0 Å². The molecule has 2 rings (SSSR count). The van der Waals surface area contributed by atoms with Crippen LogP contribution in [0.25, 0.3) is 0 Å². The van der Waals surface area contributed by atoms with Crippen LogP contribution in [0.15, 0.2) is 28.7 Å². The summed E-state index contributed by atoms with van der Waals surface area (Å²) in [7, 11) is 0. The highest BCUT2D eigenvalue weighted by molar-refractivity contribution is 9.10. The lowest BCUT2D eigenvalue weighted by atomic mass is 9.80. The fraction of sp³-hybridized carbons (Fsp3) is 0.571. The zero-order chi connectivity index (χ0) is 11.4. The van der Waals surface area contributed by atoms with E-state index in [4.69, 9.17) is 4.74 Å². The molecule has 0 heterocycles. The molecule has 16 heavy (non-hydrogen) atoms. The van der Waals surface area contributed by atoms with Gasteiger partial charge in [-0.3, -0.25) is 0 Å². The van der Waals surface area contributed by atoms with E-state index in [2.05, 4.69) is 47.1 Å². The SMILES string of the molecule is CCOCC1(c2ccccc2Br)CCCC1. The maximum absolute atomic E-state index is 5.71. The number of benzene rings is 1. The number of halogens is 1. The Balaban J connectivity index is 2.28. The van der Waals surface area contributed by atoms with Crippen molar-refractivity contribution >= 4 is 15.9 Å². The smallest absolute Gasteiger partial charge is 0.0563 e. The average molecular weight is 283 g/mol. The van der Waals surface area contributed by atoms with Crippen molar-refractivity contribution < 1.29 is 4.74 Å². The Morgan fingerprint density at radius 2 is 1.94 bits per heavy atom. The second-order valence-corrected chi connectivity index (χ2v) is 5.46. The number of rotatable bonds is 4. The predicted octanol–water partition coefficient (Wildman–Crippen LogP) is 4.30. The van der Waals surface area contributed by atoms with Gasteiger partial charge in [0.1, 0.15) is 0 Å². The highest BCUT2D eigenvalue weighted by Crippen LogP contribution is 2.43. The minimum Gasteiger partial charge on any atom is -0.381 e. The molecule has 0 amide bonds. The fourth-order valence-electron chi connectivity index (χ4n) is 2.73. The maximum Gasteiger partial charge on any atom is 0.0563 e. The fourth-order valence-corrected chi connectivity index (χ4v) is 3.44. The third-order valence-electron chi connectivity index (χ3n) is 3.59. The van der Waals surface area contributed by atoms with Crippen molar-refractivity contribution in [3.8, 4) is 0 Å². The highest BCUT2D eigenvalue weighted by Gasteiger charge is 2.36. The Bertz CT molecular complexity index is 342. The lowest BCUT2D eigenvalue weighted by Crippen LogP contribution is -2.29. The van der Waals surface area contributed by atoms with Crippen LogP contribution in [0.2, 0.25) is 0 Å². The zero-order valence-corrected chi connectivity index (χ0v) is 11.4. The summed E-state index contributed by atoms with van der Waals surface area (Å²) < 4.78 is 6.94. The van der Waals surface area contributed by atoms with Gasteiger partial charge in [0.15, 0.2) is 0 Å². The van der Waals surface area contributed by atoms with Crippen molar-refractivity contribution in [2.75, 3.05) is 13.2 Å². The van der Waals surface area contributed by atoms with E-state index in [9.17, 15) is 0 Å². The molecule has 0 bridgehead atoms. The Morgan fingerprint density at radius 1 is 1.25 bits per heavy atom. The van der Waals surface area contributed by atoms with E-state index in [-0.39, 0.29) is 5.41 Å². The molecule has 1 saturated carbocycles. The molecule has 1 fully saturated rings. The first-order valence-electron chi connectivity index (χ1n) is 6.11. The van der Waals surface area contributed by atoms with E-state index in [0.29, 0.717) is 0 Å². The van der Waals surface area contributed by atoms with Crippen LogP contribution in [0.5, 0.6) is 0 Å². The largest absolute Gasteiger partial charge is 0.381 e. The normalized spacial score (nSPS) is 18.9. The molecule has 0 atom stereocenters. The van der Waals surface area contributed by atoms with Gasteiger partial charge in [0.25, 0.3) is 0 Å². The summed E-state index contributed by atoms with van der Waals surface area (Å²) in [5.41, 5.74) is 1.69. The summed E-state index contributed by atoms with van der Waals surface area (Å²) >= 11 is 3.68. The van der Waals surface area contributed by atoms with Gasteiger partial charge >= 0.3 is 0 Å². The van der Waals surface area contributed by atoms with E-state index in [1.807, 2.05) is 0 Å². The summed E-state index contributed by atoms with van der Waals surface area (Å²) in [5, 5.41) is 0. The summed E-state index contributed by atoms with van der Waals surface area (Å²) in [6.07, 6.45) is 5.17. The van der Waals surface area contributed by atoms with E-state index in [1.165, 1.54) is 35.7 Å². The summed E-state index contributed by atoms with van der Waals surface area (Å²) in [6.45, 7) is 3.75. The van der Waals surface area contributed by atoms with Gasteiger partial charge in [0.2, 0.25) is 0 Å². The molecule has 0 radical (unpaired) electrons. The van der Waals surface area contributed by atoms with Crippen molar-refractivity contribution in [1.29, 1.82) is 0 Å². The molecule has 88 valence electrons. The van der Waals surface area contributed by atoms with Crippen LogP contribution in [-0.4, -0.2) is 13.2 Å². The third kappa shape index (κ3) is 2.33. The Labute approximate surface area is 106 Å². The molecule has 0 spiro atoms. The minimum atomic E-state index is 0.260. The molecular formula is C14H19BrO. The first-order valence-corrected chi connectivity index (χ1v) is 6.90. The van der Waals surface area contributed by atoms with Crippen molar-refractivity contribution in [2.45, 2.75) is 38.0 Å². The Kier molecular flexibility index (Phi) is 4.04. The van der Waals surface area contributed by atoms with Crippen LogP contribution in [0, 0.1) is 0 Å². The third-order valence-corrected chi connectivity index (χ3v) is 4.28. The number of hydrogen-bond acceptors (Lipinski definition) is 1. The van der Waals surface area contributed by atoms with E-state index < -0.39 is 0 Å². The summed E-state index contributed by atoms with van der Waals surface area (Å²) in [6, 6.07) is 8.60. The number of hydrogen-bond donors (Lipinski definition) is 0. The van der Waals surface area contributed by atoms with Gasteiger partial charge in [-0.05, 0) is 31.4 Å². The standard InChI is InChI=1S/C14H19BrO/c1-2-16-11-14(9-5-6-10-14)12-7-3-4-8-13(12)15/h3-4,7-8H,2,5-6,9-11H2,1H3. The van der Waals surface area contributed by atoms with Gasteiger partial charge < -0.3 is 4.74 Å². The maximum atomic E-state index is 5.71. The monoisotopic (exact) mass is 282 g/mol. The van der Waals surface area contributed by atoms with Crippen LogP contribution in [0.1, 0.15) is 38.2 Å². The van der Waals surface area contributed by atoms with Crippen LogP contribution >= 0.6 is 15.9 Å². The number of ether oxygens (including phenoxy) is 1. The van der Waals surface area contributed by atoms with E-state index >= 15 is 0 Å². The Hall–Kier alpha value is -0.340. The van der Waals surface area contributed by atoms with Crippen molar-refractivity contribution in [3.63, 3.8) is 0 Å². The molecule has 0 aliphatic heterocycles. The van der Waals surface area contributed by atoms with Crippen LogP contribution in [-0.2, 0) is 10.2 Å². The van der Waals surface area contributed by atoms with Gasteiger partial charge in [0, 0.05) is 16.5 Å². The molecule has 0 unspecified atom stereocenters. The molecule has 0 saturated heterocycles. The second kappa shape index (κ2) is 5.33. The average Bonchev–Trinajstić information content (AvgIpc) is 2.77. The first-order chi connectivity index (χ1) is 7.78. The zero-order valence-electron chi connectivity index (χ0n) is 9.84. The van der Waals surface area contributed by atoms with Gasteiger partial charge in [-0.2, -0.15) is 0 Å².